The number of rotatable bonds is 16. The molecule has 5 nitrogen and oxygen atoms in total. The first kappa shape index (κ1) is 131. The molecule has 0 aliphatic heterocycles. The van der Waals surface area contributed by atoms with Crippen LogP contribution in [0.5, 0.6) is 0 Å². The first-order valence-corrected chi connectivity index (χ1v) is 68.7. The van der Waals surface area contributed by atoms with Crippen LogP contribution in [0.3, 0.4) is 0 Å². The Hall–Kier alpha value is -0.980. The molecule has 0 bridgehead atoms. The number of hydrogen-bond donors (Lipinski definition) is 0. The van der Waals surface area contributed by atoms with Gasteiger partial charge in [0, 0.05) is 44.2 Å². The second kappa shape index (κ2) is 73.9. The number of allylic oxidation sites excluding steroid dienone is 6. The van der Waals surface area contributed by atoms with E-state index in [9.17, 15) is 0 Å². The highest BCUT2D eigenvalue weighted by molar-refractivity contribution is 5.11. The highest BCUT2D eigenvalue weighted by Crippen LogP contribution is 2.51. The van der Waals surface area contributed by atoms with Crippen LogP contribution in [0.25, 0.3) is 0 Å². The van der Waals surface area contributed by atoms with Gasteiger partial charge in [0.05, 0.1) is 18.3 Å². The van der Waals surface area contributed by atoms with E-state index in [1.165, 1.54) is 424 Å². The van der Waals surface area contributed by atoms with Gasteiger partial charge in [-0.05, 0) is 497 Å². The van der Waals surface area contributed by atoms with Gasteiger partial charge in [0.15, 0.2) is 0 Å². The molecule has 18 fully saturated rings. The maximum atomic E-state index is 5.44. The van der Waals surface area contributed by atoms with E-state index in [1.807, 2.05) is 26.9 Å². The fraction of sp³-hybridized carbons (Fsp3) is 0.958. The van der Waals surface area contributed by atoms with E-state index in [4.69, 9.17) is 14.2 Å². The van der Waals surface area contributed by atoms with Crippen LogP contribution < -0.4 is 0 Å². The van der Waals surface area contributed by atoms with Gasteiger partial charge in [-0.15, -0.1) is 0 Å². The summed E-state index contributed by atoms with van der Waals surface area (Å²) in [6, 6.07) is 0. The molecule has 18 saturated carbocycles. The fourth-order valence-corrected chi connectivity index (χ4v) is 34.3. The Labute approximate surface area is 956 Å². The second-order valence-electron chi connectivity index (χ2n) is 60.0. The summed E-state index contributed by atoms with van der Waals surface area (Å²) in [5, 5.41) is 0. The molecule has 5 heteroatoms. The predicted octanol–water partition coefficient (Wildman–Crippen LogP) is 48.0. The Kier molecular flexibility index (Phi) is 65.1. The molecule has 0 saturated heterocycles. The van der Waals surface area contributed by atoms with Gasteiger partial charge in [-0.1, -0.05) is 377 Å². The Morgan fingerprint density at radius 3 is 0.550 bits per heavy atom. The van der Waals surface area contributed by atoms with Crippen molar-refractivity contribution in [3.8, 4) is 0 Å². The molecule has 2 unspecified atom stereocenters. The zero-order valence-electron chi connectivity index (χ0n) is 104. The van der Waals surface area contributed by atoms with Gasteiger partial charge < -0.3 is 25.2 Å². The molecule has 0 heterocycles. The second-order valence-corrected chi connectivity index (χ2v) is 60.0. The van der Waals surface area contributed by atoms with Crippen molar-refractivity contribution in [1.29, 1.82) is 0 Å². The van der Waals surface area contributed by atoms with Crippen LogP contribution >= 0.6 is 0 Å². The van der Waals surface area contributed by atoms with Crippen LogP contribution in [0, 0.1) is 207 Å². The standard InChI is InChI=1S/C16H30.C16H28.3C14H26O.3C14H26.2C14H24.2H2O.16H2/c2*1-13-3-7-15(8-4-13)11-12-16-9-5-14(2)6-10-16;3*1-11-3-5-12(6-4-11)13-7-9-14(15-2)10-8-13;5*1-11-3-7-13(8-4-11)14-9-5-12(2)6-10-14;;;;;;;;;;;;;;;;;;/h13-16H,3-12H2,1-2H3;11-16H,3-10H2,1-2H3;3*11-14H,3-10H2,1-2H3;3*11-14H,3-10H2,1-2H3;7,11-12,14H,3-6,8-10H2,1-2H3;3,12-14H,4-10H2,1-2H3;2*1H2;16*1H/b;12-11+;;;;;;;;;;;;;;;;;;;;;;;;;;. The van der Waals surface area contributed by atoms with Gasteiger partial charge in [-0.2, -0.15) is 0 Å². The summed E-state index contributed by atoms with van der Waals surface area (Å²) < 4.78 is 16.3. The van der Waals surface area contributed by atoms with Gasteiger partial charge in [-0.25, -0.2) is 0 Å². The van der Waals surface area contributed by atoms with Gasteiger partial charge in [-0.3, -0.25) is 0 Å². The molecule has 0 aromatic rings. The van der Waals surface area contributed by atoms with Crippen LogP contribution in [0.1, 0.15) is 654 Å². The van der Waals surface area contributed by atoms with Gasteiger partial charge in [0.25, 0.3) is 0 Å². The summed E-state index contributed by atoms with van der Waals surface area (Å²) in [6.45, 7) is 41.0. The molecule has 20 aliphatic rings. The summed E-state index contributed by atoms with van der Waals surface area (Å²) in [5.41, 5.74) is 3.44. The Balaban J connectivity index is -0.000000273. The van der Waals surface area contributed by atoms with Crippen molar-refractivity contribution in [3.63, 3.8) is 0 Å². The summed E-state index contributed by atoms with van der Waals surface area (Å²) in [7, 11) is 5.61. The van der Waals surface area contributed by atoms with E-state index in [0.29, 0.717) is 18.3 Å². The smallest absolute Gasteiger partial charge is 0.0571 e. The Bertz CT molecular complexity index is 3030. The zero-order valence-corrected chi connectivity index (χ0v) is 104. The van der Waals surface area contributed by atoms with E-state index >= 15 is 0 Å². The minimum atomic E-state index is 0. The van der Waals surface area contributed by atoms with Gasteiger partial charge in [0.2, 0.25) is 0 Å². The molecule has 0 aromatic carbocycles. The summed E-state index contributed by atoms with van der Waals surface area (Å²) >= 11 is 0. The third-order valence-corrected chi connectivity index (χ3v) is 47.4. The molecular weight excluding hydrogens is 1810 g/mol. The third-order valence-electron chi connectivity index (χ3n) is 47.4. The van der Waals surface area contributed by atoms with Crippen molar-refractivity contribution in [3.05, 3.63) is 35.5 Å². The largest absolute Gasteiger partial charge is 0.412 e. The van der Waals surface area contributed by atoms with E-state index in [-0.39, 0.29) is 33.8 Å². The fourth-order valence-electron chi connectivity index (χ4n) is 34.3. The summed E-state index contributed by atoms with van der Waals surface area (Å²) in [6.07, 6.45) is 130. The topological polar surface area (TPSA) is 90.7 Å². The monoisotopic (exact) mass is 2110 g/mol. The first-order valence-electron chi connectivity index (χ1n) is 68.7. The normalized spacial score (nSPS) is 41.8. The van der Waals surface area contributed by atoms with E-state index in [2.05, 4.69) is 142 Å². The van der Waals surface area contributed by atoms with Crippen LogP contribution in [-0.4, -0.2) is 50.6 Å². The molecule has 904 valence electrons. The van der Waals surface area contributed by atoms with Gasteiger partial charge >= 0.3 is 0 Å². The zero-order chi connectivity index (χ0) is 105. The molecule has 20 rings (SSSR count). The van der Waals surface area contributed by atoms with Crippen LogP contribution in [-0.2, 0) is 14.2 Å². The SMILES string of the molecule is CC1=CCC(C2CCC(C)CC2)CC1.CC1CC=C(C2CCC(C)CC2)CC1.CC1CCC(/C=C/C2CCC(C)CC2)CC1.CC1CCC(C2CCC(C)CC2)CC1.CC1CCC(C2CCC(C)CC2)CC1.CC1CCC(C2CCC(C)CC2)CC1.CC1CCC(CCC2CCC(C)CC2)CC1.COC1CCC(C2CCC(C)CC2)CC1.COC1CCC(C2CCC(C)CC2)CC1.COC1CCC(C2CCC(C)CC2)CC1.O.O.[HH].[HH].[HH].[HH].[HH].[HH].[HH].[HH].[HH].[HH].[HH].[HH].[HH].[HH].[HH].[HH]. The first-order chi connectivity index (χ1) is 71.1. The highest BCUT2D eigenvalue weighted by Gasteiger charge is 2.39. The molecule has 0 aromatic heterocycles. The molecular formula is C144H298O5. The van der Waals surface area contributed by atoms with Crippen molar-refractivity contribution >= 4 is 0 Å². The average Bonchev–Trinajstić information content (AvgIpc) is 0.863. The molecule has 2 atom stereocenters. The molecule has 4 N–H and O–H groups in total. The molecule has 0 amide bonds. The maximum Gasteiger partial charge on any atom is 0.0571 e. The quantitative estimate of drug-likeness (QED) is 0.144. The van der Waals surface area contributed by atoms with Crippen molar-refractivity contribution in [2.45, 2.75) is 650 Å². The number of ether oxygens (including phenoxy) is 3. The lowest BCUT2D eigenvalue weighted by Crippen LogP contribution is -2.27. The van der Waals surface area contributed by atoms with E-state index in [1.54, 1.807) is 95.5 Å². The summed E-state index contributed by atoms with van der Waals surface area (Å²) in [5.74, 6) is 36.1. The van der Waals surface area contributed by atoms with Crippen LogP contribution in [0.15, 0.2) is 35.5 Å². The Morgan fingerprint density at radius 1 is 0.188 bits per heavy atom. The lowest BCUT2D eigenvalue weighted by atomic mass is 9.70. The Morgan fingerprint density at radius 2 is 0.369 bits per heavy atom. The van der Waals surface area contributed by atoms with Crippen LogP contribution in [0.4, 0.5) is 0 Å². The number of hydrogen-bond acceptors (Lipinski definition) is 3. The van der Waals surface area contributed by atoms with Gasteiger partial charge in [0.1, 0.15) is 0 Å². The molecule has 0 radical (unpaired) electrons. The molecule has 0 spiro atoms. The van der Waals surface area contributed by atoms with E-state index < -0.39 is 0 Å². The lowest BCUT2D eigenvalue weighted by molar-refractivity contribution is 0.0398. The van der Waals surface area contributed by atoms with Crippen LogP contribution in [0.2, 0.25) is 0 Å². The minimum Gasteiger partial charge on any atom is -0.412 e. The minimum absolute atomic E-state index is 0. The maximum absolute atomic E-state index is 5.44. The molecule has 149 heavy (non-hydrogen) atoms. The summed E-state index contributed by atoms with van der Waals surface area (Å²) in [4.78, 5) is 0. The number of methoxy groups -OCH3 is 3. The highest BCUT2D eigenvalue weighted by atomic mass is 16.5. The lowest BCUT2D eigenvalue weighted by Gasteiger charge is -2.36. The predicted molar refractivity (Wildman–Crippen MR) is 687 cm³/mol. The average molecular weight is 2110 g/mol. The van der Waals surface area contributed by atoms with E-state index in [0.717, 1.165) is 207 Å². The van der Waals surface area contributed by atoms with Crippen molar-refractivity contribution in [1.82, 2.24) is 0 Å². The van der Waals surface area contributed by atoms with Crippen molar-refractivity contribution in [2.24, 2.45) is 207 Å². The van der Waals surface area contributed by atoms with Crippen molar-refractivity contribution in [2.75, 3.05) is 21.3 Å². The third kappa shape index (κ3) is 50.7. The molecule has 20 aliphatic carbocycles. The van der Waals surface area contributed by atoms with Crippen molar-refractivity contribution < 1.29 is 48.0 Å².